The SMILES string of the molecule is CCCNC(=O)NCC1(CCO)CC1. The summed E-state index contributed by atoms with van der Waals surface area (Å²) in [5.41, 5.74) is 0.207. The van der Waals surface area contributed by atoms with Gasteiger partial charge in [0.15, 0.2) is 0 Å². The molecule has 2 amide bonds. The molecule has 1 aliphatic rings. The lowest BCUT2D eigenvalue weighted by atomic mass is 10.0. The highest BCUT2D eigenvalue weighted by Crippen LogP contribution is 2.47. The Morgan fingerprint density at radius 3 is 2.64 bits per heavy atom. The average molecular weight is 200 g/mol. The van der Waals surface area contributed by atoms with Gasteiger partial charge in [0, 0.05) is 19.7 Å². The average Bonchev–Trinajstić information content (AvgIpc) is 2.93. The van der Waals surface area contributed by atoms with Gasteiger partial charge < -0.3 is 15.7 Å². The zero-order valence-corrected chi connectivity index (χ0v) is 8.81. The summed E-state index contributed by atoms with van der Waals surface area (Å²) in [7, 11) is 0. The third-order valence-electron chi connectivity index (χ3n) is 2.76. The van der Waals surface area contributed by atoms with Crippen molar-refractivity contribution in [2.24, 2.45) is 5.41 Å². The van der Waals surface area contributed by atoms with Crippen LogP contribution in [0.5, 0.6) is 0 Å². The fourth-order valence-electron chi connectivity index (χ4n) is 1.50. The summed E-state index contributed by atoms with van der Waals surface area (Å²) >= 11 is 0. The molecule has 82 valence electrons. The second-order valence-electron chi connectivity index (χ2n) is 4.08. The van der Waals surface area contributed by atoms with Crippen molar-refractivity contribution in [2.45, 2.75) is 32.6 Å². The summed E-state index contributed by atoms with van der Waals surface area (Å²) in [6, 6.07) is -0.0870. The molecule has 1 aliphatic carbocycles. The van der Waals surface area contributed by atoms with Gasteiger partial charge in [0.2, 0.25) is 0 Å². The molecule has 0 aliphatic heterocycles. The first-order chi connectivity index (χ1) is 6.72. The topological polar surface area (TPSA) is 61.4 Å². The Labute approximate surface area is 85.1 Å². The summed E-state index contributed by atoms with van der Waals surface area (Å²) in [6.45, 7) is 3.66. The molecular formula is C10H20N2O2. The molecule has 0 unspecified atom stereocenters. The number of hydrogen-bond donors (Lipinski definition) is 3. The van der Waals surface area contributed by atoms with Crippen molar-refractivity contribution in [1.29, 1.82) is 0 Å². The molecule has 0 saturated heterocycles. The first-order valence-electron chi connectivity index (χ1n) is 5.35. The van der Waals surface area contributed by atoms with Gasteiger partial charge in [0.1, 0.15) is 0 Å². The third-order valence-corrected chi connectivity index (χ3v) is 2.76. The van der Waals surface area contributed by atoms with Gasteiger partial charge in [-0.2, -0.15) is 0 Å². The highest BCUT2D eigenvalue weighted by Gasteiger charge is 2.41. The van der Waals surface area contributed by atoms with Crippen molar-refractivity contribution in [3.05, 3.63) is 0 Å². The maximum atomic E-state index is 11.2. The van der Waals surface area contributed by atoms with E-state index in [0.717, 1.165) is 32.2 Å². The molecule has 14 heavy (non-hydrogen) atoms. The van der Waals surface area contributed by atoms with Crippen molar-refractivity contribution in [3.63, 3.8) is 0 Å². The van der Waals surface area contributed by atoms with Crippen molar-refractivity contribution < 1.29 is 9.90 Å². The minimum atomic E-state index is -0.0870. The van der Waals surface area contributed by atoms with E-state index < -0.39 is 0 Å². The predicted octanol–water partition coefficient (Wildman–Crippen LogP) is 0.858. The maximum Gasteiger partial charge on any atom is 0.314 e. The van der Waals surface area contributed by atoms with Crippen LogP contribution in [0.4, 0.5) is 4.79 Å². The van der Waals surface area contributed by atoms with E-state index in [1.807, 2.05) is 6.92 Å². The van der Waals surface area contributed by atoms with Crippen LogP contribution in [0.15, 0.2) is 0 Å². The van der Waals surface area contributed by atoms with E-state index >= 15 is 0 Å². The standard InChI is InChI=1S/C10H20N2O2/c1-2-6-11-9(14)12-8-10(3-4-10)5-7-13/h13H,2-8H2,1H3,(H2,11,12,14). The van der Waals surface area contributed by atoms with Gasteiger partial charge in [-0.25, -0.2) is 4.79 Å². The van der Waals surface area contributed by atoms with Crippen LogP contribution in [0.3, 0.4) is 0 Å². The van der Waals surface area contributed by atoms with Crippen LogP contribution in [-0.2, 0) is 0 Å². The predicted molar refractivity (Wildman–Crippen MR) is 55.1 cm³/mol. The number of amides is 2. The number of rotatable bonds is 6. The molecule has 1 saturated carbocycles. The van der Waals surface area contributed by atoms with Crippen molar-refractivity contribution >= 4 is 6.03 Å². The fraction of sp³-hybridized carbons (Fsp3) is 0.900. The fourth-order valence-corrected chi connectivity index (χ4v) is 1.50. The molecule has 1 fully saturated rings. The van der Waals surface area contributed by atoms with Crippen molar-refractivity contribution in [2.75, 3.05) is 19.7 Å². The van der Waals surface area contributed by atoms with Crippen LogP contribution in [0, 0.1) is 5.41 Å². The van der Waals surface area contributed by atoms with Gasteiger partial charge >= 0.3 is 6.03 Å². The quantitative estimate of drug-likeness (QED) is 0.595. The van der Waals surface area contributed by atoms with E-state index in [9.17, 15) is 4.79 Å². The Hall–Kier alpha value is -0.770. The third kappa shape index (κ3) is 3.54. The molecule has 4 heteroatoms. The second kappa shape index (κ2) is 5.20. The highest BCUT2D eigenvalue weighted by molar-refractivity contribution is 5.73. The largest absolute Gasteiger partial charge is 0.396 e. The summed E-state index contributed by atoms with van der Waals surface area (Å²) < 4.78 is 0. The molecule has 0 radical (unpaired) electrons. The van der Waals surface area contributed by atoms with Gasteiger partial charge in [-0.05, 0) is 31.1 Å². The number of urea groups is 1. The first kappa shape index (κ1) is 11.3. The van der Waals surface area contributed by atoms with Crippen molar-refractivity contribution in [3.8, 4) is 0 Å². The Balaban J connectivity index is 2.10. The van der Waals surface area contributed by atoms with Crippen LogP contribution in [-0.4, -0.2) is 30.8 Å². The van der Waals surface area contributed by atoms with E-state index in [1.54, 1.807) is 0 Å². The molecule has 0 aromatic heterocycles. The Morgan fingerprint density at radius 1 is 1.43 bits per heavy atom. The van der Waals surface area contributed by atoms with Crippen LogP contribution >= 0.6 is 0 Å². The number of hydrogen-bond acceptors (Lipinski definition) is 2. The lowest BCUT2D eigenvalue weighted by Crippen LogP contribution is -2.39. The Bertz CT molecular complexity index is 191. The summed E-state index contributed by atoms with van der Waals surface area (Å²) in [6.07, 6.45) is 4.01. The van der Waals surface area contributed by atoms with Crippen LogP contribution in [0.2, 0.25) is 0 Å². The van der Waals surface area contributed by atoms with Crippen LogP contribution in [0.25, 0.3) is 0 Å². The molecule has 0 atom stereocenters. The molecule has 4 nitrogen and oxygen atoms in total. The van der Waals surface area contributed by atoms with Crippen LogP contribution < -0.4 is 10.6 Å². The lowest BCUT2D eigenvalue weighted by molar-refractivity contribution is 0.227. The normalized spacial score (nSPS) is 17.6. The van der Waals surface area contributed by atoms with Gasteiger partial charge in [-0.1, -0.05) is 6.92 Å². The molecule has 0 bridgehead atoms. The monoisotopic (exact) mass is 200 g/mol. The summed E-state index contributed by atoms with van der Waals surface area (Å²) in [4.78, 5) is 11.2. The lowest BCUT2D eigenvalue weighted by Gasteiger charge is -2.14. The van der Waals surface area contributed by atoms with E-state index in [2.05, 4.69) is 10.6 Å². The number of aliphatic hydroxyl groups excluding tert-OH is 1. The number of carbonyl (C=O) groups is 1. The molecule has 0 spiro atoms. The van der Waals surface area contributed by atoms with Crippen molar-refractivity contribution in [1.82, 2.24) is 10.6 Å². The Morgan fingerprint density at radius 2 is 2.14 bits per heavy atom. The first-order valence-corrected chi connectivity index (χ1v) is 5.35. The highest BCUT2D eigenvalue weighted by atomic mass is 16.3. The molecule has 1 rings (SSSR count). The van der Waals surface area contributed by atoms with E-state index in [-0.39, 0.29) is 18.1 Å². The number of nitrogens with one attached hydrogen (secondary N) is 2. The molecule has 0 heterocycles. The van der Waals surface area contributed by atoms with E-state index in [4.69, 9.17) is 5.11 Å². The number of carbonyl (C=O) groups excluding carboxylic acids is 1. The molecule has 0 aromatic rings. The second-order valence-corrected chi connectivity index (χ2v) is 4.08. The van der Waals surface area contributed by atoms with Gasteiger partial charge in [0.25, 0.3) is 0 Å². The maximum absolute atomic E-state index is 11.2. The zero-order valence-electron chi connectivity index (χ0n) is 8.81. The minimum absolute atomic E-state index is 0.0870. The van der Waals surface area contributed by atoms with Crippen LogP contribution in [0.1, 0.15) is 32.6 Å². The van der Waals surface area contributed by atoms with Gasteiger partial charge in [0.05, 0.1) is 0 Å². The van der Waals surface area contributed by atoms with E-state index in [0.29, 0.717) is 6.54 Å². The van der Waals surface area contributed by atoms with Gasteiger partial charge in [-0.3, -0.25) is 0 Å². The smallest absolute Gasteiger partial charge is 0.314 e. The summed E-state index contributed by atoms with van der Waals surface area (Å²) in [5, 5.41) is 14.4. The van der Waals surface area contributed by atoms with Gasteiger partial charge in [-0.15, -0.1) is 0 Å². The molecular weight excluding hydrogens is 180 g/mol. The Kier molecular flexibility index (Phi) is 4.20. The number of aliphatic hydroxyl groups is 1. The molecule has 3 N–H and O–H groups in total. The minimum Gasteiger partial charge on any atom is -0.396 e. The summed E-state index contributed by atoms with van der Waals surface area (Å²) in [5.74, 6) is 0. The van der Waals surface area contributed by atoms with E-state index in [1.165, 1.54) is 0 Å². The zero-order chi connectivity index (χ0) is 10.4. The molecule has 0 aromatic carbocycles.